The second-order valence-corrected chi connectivity index (χ2v) is 5.67. The molecule has 0 aliphatic heterocycles. The van der Waals surface area contributed by atoms with Gasteiger partial charge in [-0.3, -0.25) is 4.79 Å². The van der Waals surface area contributed by atoms with Crippen LogP contribution in [0.5, 0.6) is 0 Å². The first-order chi connectivity index (χ1) is 10.3. The predicted molar refractivity (Wildman–Crippen MR) is 88.6 cm³/mol. The molecule has 0 unspecified atom stereocenters. The molecule has 0 amide bonds. The minimum Gasteiger partial charge on any atom is -0.289 e. The lowest BCUT2D eigenvalue weighted by Crippen LogP contribution is -2.07. The van der Waals surface area contributed by atoms with E-state index in [1.165, 1.54) is 30.2 Å². The molecule has 0 radical (unpaired) electrons. The highest BCUT2D eigenvalue weighted by Crippen LogP contribution is 2.28. The first-order valence-corrected chi connectivity index (χ1v) is 7.67. The quantitative estimate of drug-likeness (QED) is 0.536. The molecule has 1 saturated carbocycles. The van der Waals surface area contributed by atoms with E-state index in [9.17, 15) is 4.79 Å². The lowest BCUT2D eigenvalue weighted by molar-refractivity contribution is 0.103. The molecule has 0 saturated heterocycles. The van der Waals surface area contributed by atoms with E-state index in [-0.39, 0.29) is 5.78 Å². The Labute approximate surface area is 126 Å². The summed E-state index contributed by atoms with van der Waals surface area (Å²) in [7, 11) is 0. The van der Waals surface area contributed by atoms with Gasteiger partial charge in [0.05, 0.1) is 0 Å². The van der Waals surface area contributed by atoms with Crippen LogP contribution in [0.15, 0.2) is 66.3 Å². The smallest absolute Gasteiger partial charge is 0.192 e. The molecule has 1 aliphatic carbocycles. The number of hydrogen-bond acceptors (Lipinski definition) is 1. The van der Waals surface area contributed by atoms with Gasteiger partial charge < -0.3 is 0 Å². The number of fused-ring (bicyclic) bond motifs is 1. The second-order valence-electron chi connectivity index (χ2n) is 5.67. The van der Waals surface area contributed by atoms with E-state index in [4.69, 9.17) is 0 Å². The van der Waals surface area contributed by atoms with Crippen molar-refractivity contribution >= 4 is 16.6 Å². The van der Waals surface area contributed by atoms with E-state index in [0.29, 0.717) is 0 Å². The summed E-state index contributed by atoms with van der Waals surface area (Å²) in [4.78, 5) is 12.8. The van der Waals surface area contributed by atoms with Crippen molar-refractivity contribution in [2.24, 2.45) is 0 Å². The molecule has 106 valence electrons. The minimum atomic E-state index is 0.118. The maximum absolute atomic E-state index is 12.8. The molecule has 0 bridgehead atoms. The lowest BCUT2D eigenvalue weighted by atomic mass is 9.87. The van der Waals surface area contributed by atoms with E-state index in [1.54, 1.807) is 6.08 Å². The summed E-state index contributed by atoms with van der Waals surface area (Å²) in [5.41, 5.74) is 2.88. The fourth-order valence-electron chi connectivity index (χ4n) is 3.13. The van der Waals surface area contributed by atoms with Gasteiger partial charge in [-0.25, -0.2) is 0 Å². The van der Waals surface area contributed by atoms with Gasteiger partial charge in [0, 0.05) is 11.1 Å². The summed E-state index contributed by atoms with van der Waals surface area (Å²) < 4.78 is 0. The highest BCUT2D eigenvalue weighted by atomic mass is 16.1. The van der Waals surface area contributed by atoms with Crippen molar-refractivity contribution < 1.29 is 4.79 Å². The van der Waals surface area contributed by atoms with Crippen LogP contribution in [0, 0.1) is 0 Å². The second kappa shape index (κ2) is 6.09. The molecule has 0 aromatic heterocycles. The van der Waals surface area contributed by atoms with Gasteiger partial charge >= 0.3 is 0 Å². The van der Waals surface area contributed by atoms with Gasteiger partial charge in [-0.1, -0.05) is 61.0 Å². The van der Waals surface area contributed by atoms with Crippen LogP contribution in [0.1, 0.15) is 42.5 Å². The number of rotatable bonds is 3. The monoisotopic (exact) mass is 276 g/mol. The maximum Gasteiger partial charge on any atom is 0.192 e. The summed E-state index contributed by atoms with van der Waals surface area (Å²) in [5, 5.41) is 2.28. The molecule has 1 heteroatoms. The van der Waals surface area contributed by atoms with Crippen LogP contribution in [-0.4, -0.2) is 5.78 Å². The summed E-state index contributed by atoms with van der Waals surface area (Å²) in [6.45, 7) is 3.87. The number of allylic oxidation sites excluding steroid dienone is 3. The van der Waals surface area contributed by atoms with E-state index >= 15 is 0 Å². The van der Waals surface area contributed by atoms with Crippen LogP contribution in [0.3, 0.4) is 0 Å². The first kappa shape index (κ1) is 13.8. The summed E-state index contributed by atoms with van der Waals surface area (Å²) in [6.07, 6.45) is 7.49. The number of ketones is 1. The van der Waals surface area contributed by atoms with Gasteiger partial charge in [-0.15, -0.1) is 0 Å². The predicted octanol–water partition coefficient (Wildman–Crippen LogP) is 5.47. The molecule has 0 heterocycles. The van der Waals surface area contributed by atoms with Crippen LogP contribution in [-0.2, 0) is 0 Å². The number of carbonyl (C=O) groups excluding carboxylic acids is 1. The SMILES string of the molecule is C=CC(C(=O)c1ccc2ccccc2c1)=C1CCCCC1. The standard InChI is InChI=1S/C20H20O/c1-2-19(16-9-4-3-5-10-16)20(21)18-13-12-15-8-6-7-11-17(15)14-18/h2,6-8,11-14H,1,3-5,9-10H2. The van der Waals surface area contributed by atoms with Gasteiger partial charge in [0.25, 0.3) is 0 Å². The number of hydrogen-bond donors (Lipinski definition) is 0. The van der Waals surface area contributed by atoms with Crippen LogP contribution < -0.4 is 0 Å². The Morgan fingerprint density at radius 1 is 0.952 bits per heavy atom. The van der Waals surface area contributed by atoms with Crippen LogP contribution in [0.4, 0.5) is 0 Å². The van der Waals surface area contributed by atoms with Gasteiger partial charge in [-0.2, -0.15) is 0 Å². The van der Waals surface area contributed by atoms with Gasteiger partial charge in [-0.05, 0) is 42.5 Å². The molecule has 2 aromatic carbocycles. The van der Waals surface area contributed by atoms with E-state index in [1.807, 2.05) is 36.4 Å². The third kappa shape index (κ3) is 2.82. The lowest BCUT2D eigenvalue weighted by Gasteiger charge is -2.17. The number of carbonyl (C=O) groups is 1. The Morgan fingerprint density at radius 3 is 2.38 bits per heavy atom. The maximum atomic E-state index is 12.8. The fourth-order valence-corrected chi connectivity index (χ4v) is 3.13. The van der Waals surface area contributed by atoms with Crippen molar-refractivity contribution in [3.8, 4) is 0 Å². The molecule has 3 rings (SSSR count). The summed E-state index contributed by atoms with van der Waals surface area (Å²) >= 11 is 0. The van der Waals surface area contributed by atoms with Crippen LogP contribution >= 0.6 is 0 Å². The minimum absolute atomic E-state index is 0.118. The van der Waals surface area contributed by atoms with Gasteiger partial charge in [0.1, 0.15) is 0 Å². The highest BCUT2D eigenvalue weighted by molar-refractivity contribution is 6.12. The van der Waals surface area contributed by atoms with Crippen LogP contribution in [0.25, 0.3) is 10.8 Å². The molecule has 0 atom stereocenters. The molecule has 0 N–H and O–H groups in total. The van der Waals surface area contributed by atoms with E-state index in [2.05, 4.69) is 12.6 Å². The van der Waals surface area contributed by atoms with Crippen LogP contribution in [0.2, 0.25) is 0 Å². The van der Waals surface area contributed by atoms with Crippen molar-refractivity contribution in [2.75, 3.05) is 0 Å². The van der Waals surface area contributed by atoms with E-state index in [0.717, 1.165) is 29.4 Å². The molecule has 21 heavy (non-hydrogen) atoms. The van der Waals surface area contributed by atoms with Crippen molar-refractivity contribution in [2.45, 2.75) is 32.1 Å². The van der Waals surface area contributed by atoms with Gasteiger partial charge in [0.15, 0.2) is 5.78 Å². The molecular formula is C20H20O. The molecule has 1 fully saturated rings. The zero-order chi connectivity index (χ0) is 14.7. The van der Waals surface area contributed by atoms with E-state index < -0.39 is 0 Å². The summed E-state index contributed by atoms with van der Waals surface area (Å²) in [6, 6.07) is 14.1. The van der Waals surface area contributed by atoms with Gasteiger partial charge in [0.2, 0.25) is 0 Å². The zero-order valence-corrected chi connectivity index (χ0v) is 12.3. The molecule has 2 aromatic rings. The molecular weight excluding hydrogens is 256 g/mol. The Morgan fingerprint density at radius 2 is 1.67 bits per heavy atom. The molecule has 1 nitrogen and oxygen atoms in total. The Hall–Kier alpha value is -2.15. The average Bonchev–Trinajstić information content (AvgIpc) is 2.56. The van der Waals surface area contributed by atoms with Crippen molar-refractivity contribution in [1.29, 1.82) is 0 Å². The molecule has 1 aliphatic rings. The molecule has 0 spiro atoms. The Bertz CT molecular complexity index is 713. The number of Topliss-reactive ketones (excluding diaryl/α,β-unsaturated/α-hetero) is 1. The zero-order valence-electron chi connectivity index (χ0n) is 12.3. The van der Waals surface area contributed by atoms with Crippen molar-refractivity contribution in [1.82, 2.24) is 0 Å². The fraction of sp³-hybridized carbons (Fsp3) is 0.250. The normalized spacial score (nSPS) is 15.0. The third-order valence-electron chi connectivity index (χ3n) is 4.30. The average molecular weight is 276 g/mol. The largest absolute Gasteiger partial charge is 0.289 e. The highest BCUT2D eigenvalue weighted by Gasteiger charge is 2.16. The Kier molecular flexibility index (Phi) is 4.01. The number of benzene rings is 2. The van der Waals surface area contributed by atoms with Crippen molar-refractivity contribution in [3.05, 3.63) is 71.8 Å². The third-order valence-corrected chi connectivity index (χ3v) is 4.30. The Balaban J connectivity index is 2.00. The van der Waals surface area contributed by atoms with Crippen molar-refractivity contribution in [3.63, 3.8) is 0 Å². The summed E-state index contributed by atoms with van der Waals surface area (Å²) in [5.74, 6) is 0.118. The first-order valence-electron chi connectivity index (χ1n) is 7.67. The topological polar surface area (TPSA) is 17.1 Å².